The highest BCUT2D eigenvalue weighted by atomic mass is 16.5. The minimum atomic E-state index is -1.33. The van der Waals surface area contributed by atoms with Crippen molar-refractivity contribution in [2.24, 2.45) is 22.2 Å². The number of ether oxygens (including phenoxy) is 1. The summed E-state index contributed by atoms with van der Waals surface area (Å²) in [7, 11) is 1.15. The van der Waals surface area contributed by atoms with Gasteiger partial charge in [0.2, 0.25) is 5.91 Å². The summed E-state index contributed by atoms with van der Waals surface area (Å²) in [6, 6.07) is -3.23. The van der Waals surface area contributed by atoms with Crippen LogP contribution in [0, 0.1) is 0 Å². The van der Waals surface area contributed by atoms with Crippen molar-refractivity contribution in [1.82, 2.24) is 10.6 Å². The van der Waals surface area contributed by atoms with Crippen LogP contribution >= 0.6 is 0 Å². The SMILES string of the molecule is COC(=O)[C@H](CCCN=C(N)N)NC(=O)N[C@@H](CCC(N)=O)C(=O)O. The number of esters is 1. The van der Waals surface area contributed by atoms with E-state index in [4.69, 9.17) is 22.3 Å². The Bertz CT molecular complexity index is 519. The van der Waals surface area contributed by atoms with Gasteiger partial charge in [-0.15, -0.1) is 0 Å². The van der Waals surface area contributed by atoms with Crippen LogP contribution in [0.5, 0.6) is 0 Å². The number of carboxylic acids is 1. The molecule has 0 heterocycles. The van der Waals surface area contributed by atoms with Crippen molar-refractivity contribution in [3.8, 4) is 0 Å². The fourth-order valence-corrected chi connectivity index (χ4v) is 1.80. The molecule has 0 unspecified atom stereocenters. The van der Waals surface area contributed by atoms with Gasteiger partial charge in [-0.1, -0.05) is 0 Å². The van der Waals surface area contributed by atoms with Crippen molar-refractivity contribution in [2.75, 3.05) is 13.7 Å². The normalized spacial score (nSPS) is 12.4. The predicted octanol–water partition coefficient (Wildman–Crippen LogP) is -2.40. The Labute approximate surface area is 144 Å². The zero-order valence-electron chi connectivity index (χ0n) is 13.9. The van der Waals surface area contributed by atoms with Crippen molar-refractivity contribution in [3.63, 3.8) is 0 Å². The number of carbonyl (C=O) groups excluding carboxylic acids is 3. The number of hydrogen-bond donors (Lipinski definition) is 6. The van der Waals surface area contributed by atoms with Crippen molar-refractivity contribution in [2.45, 2.75) is 37.8 Å². The third-order valence-electron chi connectivity index (χ3n) is 3.02. The highest BCUT2D eigenvalue weighted by Gasteiger charge is 2.25. The number of methoxy groups -OCH3 is 1. The zero-order valence-corrected chi connectivity index (χ0v) is 13.9. The second kappa shape index (κ2) is 11.5. The summed E-state index contributed by atoms with van der Waals surface area (Å²) in [5.41, 5.74) is 15.3. The highest BCUT2D eigenvalue weighted by Crippen LogP contribution is 2.02. The number of aliphatic imine (C=N–C) groups is 1. The van der Waals surface area contributed by atoms with E-state index in [0.717, 1.165) is 7.11 Å². The Morgan fingerprint density at radius 2 is 1.68 bits per heavy atom. The summed E-state index contributed by atoms with van der Waals surface area (Å²) < 4.78 is 4.58. The van der Waals surface area contributed by atoms with Crippen LogP contribution in [0.3, 0.4) is 0 Å². The molecular formula is C13H24N6O6. The fourth-order valence-electron chi connectivity index (χ4n) is 1.80. The number of primary amides is 1. The van der Waals surface area contributed by atoms with E-state index in [1.807, 2.05) is 0 Å². The monoisotopic (exact) mass is 360 g/mol. The molecule has 0 aromatic carbocycles. The number of nitrogens with two attached hydrogens (primary N) is 3. The molecule has 0 radical (unpaired) electrons. The van der Waals surface area contributed by atoms with Crippen LogP contribution in [-0.2, 0) is 19.1 Å². The zero-order chi connectivity index (χ0) is 19.4. The van der Waals surface area contributed by atoms with Gasteiger partial charge in [0.15, 0.2) is 5.96 Å². The molecule has 0 aliphatic heterocycles. The first-order chi connectivity index (χ1) is 11.7. The highest BCUT2D eigenvalue weighted by molar-refractivity contribution is 5.87. The lowest BCUT2D eigenvalue weighted by atomic mass is 10.1. The van der Waals surface area contributed by atoms with E-state index in [-0.39, 0.29) is 31.8 Å². The number of amides is 3. The molecule has 0 aromatic rings. The molecular weight excluding hydrogens is 336 g/mol. The van der Waals surface area contributed by atoms with Crippen LogP contribution in [-0.4, -0.2) is 60.7 Å². The second-order valence-corrected chi connectivity index (χ2v) is 5.04. The third kappa shape index (κ3) is 10.4. The average molecular weight is 360 g/mol. The molecule has 0 saturated heterocycles. The molecule has 0 fully saturated rings. The number of guanidine groups is 1. The molecule has 12 heteroatoms. The molecule has 2 atom stereocenters. The smallest absolute Gasteiger partial charge is 0.328 e. The Kier molecular flexibility index (Phi) is 10.1. The molecule has 0 bridgehead atoms. The Hall–Kier alpha value is -3.05. The summed E-state index contributed by atoms with van der Waals surface area (Å²) in [5.74, 6) is -2.83. The second-order valence-electron chi connectivity index (χ2n) is 5.04. The lowest BCUT2D eigenvalue weighted by Crippen LogP contribution is -2.51. The van der Waals surface area contributed by atoms with Gasteiger partial charge >= 0.3 is 18.0 Å². The lowest BCUT2D eigenvalue weighted by molar-refractivity contribution is -0.143. The topological polar surface area (TPSA) is 212 Å². The van der Waals surface area contributed by atoms with E-state index in [9.17, 15) is 19.2 Å². The minimum Gasteiger partial charge on any atom is -0.480 e. The number of urea groups is 1. The van der Waals surface area contributed by atoms with E-state index >= 15 is 0 Å². The van der Waals surface area contributed by atoms with Gasteiger partial charge in [-0.2, -0.15) is 0 Å². The minimum absolute atomic E-state index is 0.0981. The molecule has 3 amide bonds. The molecule has 0 aliphatic rings. The Morgan fingerprint density at radius 1 is 1.08 bits per heavy atom. The molecule has 0 spiro atoms. The number of rotatable bonds is 11. The van der Waals surface area contributed by atoms with Gasteiger partial charge < -0.3 is 37.7 Å². The number of nitrogens with one attached hydrogen (secondary N) is 2. The molecule has 0 aliphatic carbocycles. The van der Waals surface area contributed by atoms with Gasteiger partial charge in [0, 0.05) is 13.0 Å². The van der Waals surface area contributed by atoms with Crippen LogP contribution in [0.4, 0.5) is 4.79 Å². The first-order valence-corrected chi connectivity index (χ1v) is 7.38. The number of carbonyl (C=O) groups is 4. The van der Waals surface area contributed by atoms with E-state index in [1.165, 1.54) is 0 Å². The fraction of sp³-hybridized carbons (Fsp3) is 0.615. The maximum Gasteiger partial charge on any atom is 0.328 e. The van der Waals surface area contributed by atoms with Crippen molar-refractivity contribution in [1.29, 1.82) is 0 Å². The van der Waals surface area contributed by atoms with Crippen LogP contribution in [0.25, 0.3) is 0 Å². The van der Waals surface area contributed by atoms with E-state index < -0.39 is 36.0 Å². The Balaban J connectivity index is 4.66. The van der Waals surface area contributed by atoms with Crippen LogP contribution < -0.4 is 27.8 Å². The summed E-state index contributed by atoms with van der Waals surface area (Å²) in [4.78, 5) is 49.1. The predicted molar refractivity (Wildman–Crippen MR) is 87.2 cm³/mol. The van der Waals surface area contributed by atoms with Crippen molar-refractivity contribution < 1.29 is 29.0 Å². The van der Waals surface area contributed by atoms with Crippen LogP contribution in [0.1, 0.15) is 25.7 Å². The van der Waals surface area contributed by atoms with Crippen LogP contribution in [0.2, 0.25) is 0 Å². The molecule has 0 saturated carbocycles. The van der Waals surface area contributed by atoms with Gasteiger partial charge in [-0.05, 0) is 19.3 Å². The molecule has 25 heavy (non-hydrogen) atoms. The summed E-state index contributed by atoms with van der Waals surface area (Å²) in [6.07, 6.45) is 0.166. The average Bonchev–Trinajstić information content (AvgIpc) is 2.52. The van der Waals surface area contributed by atoms with E-state index in [2.05, 4.69) is 20.4 Å². The molecule has 9 N–H and O–H groups in total. The van der Waals surface area contributed by atoms with Crippen LogP contribution in [0.15, 0.2) is 4.99 Å². The van der Waals surface area contributed by atoms with Gasteiger partial charge in [0.05, 0.1) is 7.11 Å². The van der Waals surface area contributed by atoms with Crippen molar-refractivity contribution >= 4 is 29.8 Å². The third-order valence-corrected chi connectivity index (χ3v) is 3.02. The van der Waals surface area contributed by atoms with Gasteiger partial charge in [0.1, 0.15) is 12.1 Å². The van der Waals surface area contributed by atoms with E-state index in [1.54, 1.807) is 0 Å². The number of carboxylic acid groups (broad SMARTS) is 1. The number of aliphatic carboxylic acids is 1. The lowest BCUT2D eigenvalue weighted by Gasteiger charge is -2.19. The summed E-state index contributed by atoms with van der Waals surface area (Å²) >= 11 is 0. The van der Waals surface area contributed by atoms with Crippen molar-refractivity contribution in [3.05, 3.63) is 0 Å². The van der Waals surface area contributed by atoms with Gasteiger partial charge in [-0.25, -0.2) is 14.4 Å². The maximum absolute atomic E-state index is 11.9. The van der Waals surface area contributed by atoms with E-state index in [0.29, 0.717) is 6.42 Å². The summed E-state index contributed by atoms with van der Waals surface area (Å²) in [6.45, 7) is 0.246. The molecule has 142 valence electrons. The Morgan fingerprint density at radius 3 is 2.16 bits per heavy atom. The first-order valence-electron chi connectivity index (χ1n) is 7.38. The number of nitrogens with zero attached hydrogens (tertiary/aromatic N) is 1. The quantitative estimate of drug-likeness (QED) is 0.101. The maximum atomic E-state index is 11.9. The molecule has 0 aromatic heterocycles. The largest absolute Gasteiger partial charge is 0.480 e. The first kappa shape index (κ1) is 21.9. The summed E-state index contributed by atoms with van der Waals surface area (Å²) in [5, 5.41) is 13.5. The van der Waals surface area contributed by atoms with Gasteiger partial charge in [-0.3, -0.25) is 9.79 Å². The number of hydrogen-bond acceptors (Lipinski definition) is 6. The molecule has 0 rings (SSSR count). The molecule has 12 nitrogen and oxygen atoms in total. The standard InChI is InChI=1S/C13H24N6O6/c1-25-11(23)8(3-2-6-17-12(15)16)19-13(24)18-7(10(21)22)4-5-9(14)20/h7-8H,2-6H2,1H3,(H2,14,20)(H,21,22)(H4,15,16,17)(H2,18,19,24)/t7-,8-/m0/s1. The van der Waals surface area contributed by atoms with Gasteiger partial charge in [0.25, 0.3) is 0 Å².